The molecular weight excluding hydrogens is 422 g/mol. The largest absolute Gasteiger partial charge is 0.339 e. The summed E-state index contributed by atoms with van der Waals surface area (Å²) in [5.74, 6) is 1.49. The molecule has 1 fully saturated rings. The summed E-state index contributed by atoms with van der Waals surface area (Å²) in [5, 5.41) is 9.50. The predicted octanol–water partition coefficient (Wildman–Crippen LogP) is 4.39. The number of aryl methyl sites for hydroxylation is 2. The highest BCUT2D eigenvalue weighted by Gasteiger charge is 2.22. The zero-order valence-corrected chi connectivity index (χ0v) is 19.0. The van der Waals surface area contributed by atoms with E-state index in [9.17, 15) is 0 Å². The third kappa shape index (κ3) is 4.26. The molecule has 1 aliphatic heterocycles. The van der Waals surface area contributed by atoms with Crippen LogP contribution in [0, 0.1) is 6.92 Å². The Hall–Kier alpha value is -3.16. The van der Waals surface area contributed by atoms with E-state index in [-0.39, 0.29) is 0 Å². The van der Waals surface area contributed by atoms with E-state index in [0.29, 0.717) is 0 Å². The van der Waals surface area contributed by atoms with Crippen molar-refractivity contribution in [3.05, 3.63) is 70.9 Å². The van der Waals surface area contributed by atoms with Crippen LogP contribution in [0.3, 0.4) is 0 Å². The molecule has 0 bridgehead atoms. The second-order valence-electron chi connectivity index (χ2n) is 8.21. The topological polar surface area (TPSA) is 62.1 Å². The molecule has 7 nitrogen and oxygen atoms in total. The third-order valence-corrected chi connectivity index (χ3v) is 6.16. The number of anilines is 3. The molecule has 164 valence electrons. The van der Waals surface area contributed by atoms with E-state index in [0.717, 1.165) is 71.8 Å². The molecule has 0 spiro atoms. The summed E-state index contributed by atoms with van der Waals surface area (Å²) in [6.07, 6.45) is 1.81. The van der Waals surface area contributed by atoms with E-state index < -0.39 is 0 Å². The first-order valence-electron chi connectivity index (χ1n) is 10.8. The highest BCUT2D eigenvalue weighted by molar-refractivity contribution is 6.30. The van der Waals surface area contributed by atoms with Gasteiger partial charge in [0.1, 0.15) is 5.82 Å². The number of nitrogens with one attached hydrogen (secondary N) is 1. The van der Waals surface area contributed by atoms with Crippen molar-refractivity contribution in [1.82, 2.24) is 24.6 Å². The van der Waals surface area contributed by atoms with Gasteiger partial charge in [-0.1, -0.05) is 41.9 Å². The van der Waals surface area contributed by atoms with Gasteiger partial charge in [-0.15, -0.1) is 0 Å². The van der Waals surface area contributed by atoms with E-state index in [2.05, 4.69) is 50.5 Å². The Bertz CT molecular complexity index is 1230. The van der Waals surface area contributed by atoms with Gasteiger partial charge in [-0.25, -0.2) is 0 Å². The van der Waals surface area contributed by atoms with Crippen molar-refractivity contribution in [3.8, 4) is 0 Å². The van der Waals surface area contributed by atoms with Crippen LogP contribution in [-0.2, 0) is 13.6 Å². The van der Waals surface area contributed by atoms with Crippen molar-refractivity contribution in [3.63, 3.8) is 0 Å². The lowest BCUT2D eigenvalue weighted by atomic mass is 10.2. The molecule has 2 aromatic heterocycles. The molecule has 0 atom stereocenters. The van der Waals surface area contributed by atoms with Crippen molar-refractivity contribution in [2.24, 2.45) is 7.05 Å². The van der Waals surface area contributed by atoms with Crippen LogP contribution >= 0.6 is 11.6 Å². The van der Waals surface area contributed by atoms with Crippen molar-refractivity contribution in [1.29, 1.82) is 0 Å². The van der Waals surface area contributed by atoms with E-state index in [1.807, 2.05) is 38.4 Å². The molecule has 1 aliphatic rings. The highest BCUT2D eigenvalue weighted by Crippen LogP contribution is 2.29. The van der Waals surface area contributed by atoms with Crippen LogP contribution in [0.4, 0.5) is 17.5 Å². The molecular formula is C24H26ClN7. The number of hydrogen-bond acceptors (Lipinski definition) is 6. The Labute approximate surface area is 192 Å². The first kappa shape index (κ1) is 20.7. The number of rotatable bonds is 5. The van der Waals surface area contributed by atoms with Crippen LogP contribution in [0.2, 0.25) is 5.02 Å². The van der Waals surface area contributed by atoms with Gasteiger partial charge in [0.15, 0.2) is 5.65 Å². The lowest BCUT2D eigenvalue weighted by molar-refractivity contribution is 0.249. The van der Waals surface area contributed by atoms with Gasteiger partial charge in [-0.3, -0.25) is 9.58 Å². The van der Waals surface area contributed by atoms with Gasteiger partial charge in [0, 0.05) is 50.5 Å². The van der Waals surface area contributed by atoms with Crippen LogP contribution in [-0.4, -0.2) is 50.8 Å². The van der Waals surface area contributed by atoms with Crippen molar-refractivity contribution in [2.45, 2.75) is 13.5 Å². The van der Waals surface area contributed by atoms with Gasteiger partial charge in [0.05, 0.1) is 11.6 Å². The molecule has 0 aliphatic carbocycles. The third-order valence-electron chi connectivity index (χ3n) is 5.93. The average Bonchev–Trinajstić information content (AvgIpc) is 3.18. The maximum Gasteiger partial charge on any atom is 0.229 e. The summed E-state index contributed by atoms with van der Waals surface area (Å²) < 4.78 is 1.80. The fraction of sp³-hybridized carbons (Fsp3) is 0.292. The molecule has 0 radical (unpaired) electrons. The van der Waals surface area contributed by atoms with E-state index in [1.54, 1.807) is 4.68 Å². The second kappa shape index (κ2) is 8.76. The summed E-state index contributed by atoms with van der Waals surface area (Å²) >= 11 is 6.13. The molecule has 2 aromatic carbocycles. The van der Waals surface area contributed by atoms with Crippen LogP contribution in [0.1, 0.15) is 11.1 Å². The number of benzene rings is 2. The summed E-state index contributed by atoms with van der Waals surface area (Å²) in [6.45, 7) is 6.72. The first-order chi connectivity index (χ1) is 15.6. The second-order valence-corrected chi connectivity index (χ2v) is 8.65. The molecule has 1 N–H and O–H groups in total. The lowest BCUT2D eigenvalue weighted by Gasteiger charge is -2.34. The number of nitrogens with zero attached hydrogens (tertiary/aromatic N) is 6. The number of halogens is 1. The normalized spacial score (nSPS) is 14.8. The van der Waals surface area contributed by atoms with Gasteiger partial charge >= 0.3 is 0 Å². The molecule has 1 saturated heterocycles. The minimum Gasteiger partial charge on any atom is -0.339 e. The van der Waals surface area contributed by atoms with Gasteiger partial charge in [0.2, 0.25) is 5.95 Å². The zero-order chi connectivity index (χ0) is 22.1. The molecule has 32 heavy (non-hydrogen) atoms. The van der Waals surface area contributed by atoms with E-state index in [1.165, 1.54) is 5.56 Å². The number of piperazine rings is 1. The lowest BCUT2D eigenvalue weighted by Crippen LogP contribution is -2.46. The predicted molar refractivity (Wildman–Crippen MR) is 130 cm³/mol. The number of hydrogen-bond donors (Lipinski definition) is 1. The highest BCUT2D eigenvalue weighted by atomic mass is 35.5. The fourth-order valence-electron chi connectivity index (χ4n) is 4.09. The molecule has 5 rings (SSSR count). The number of fused-ring (bicyclic) bond motifs is 1. The van der Waals surface area contributed by atoms with Gasteiger partial charge in [-0.2, -0.15) is 15.1 Å². The van der Waals surface area contributed by atoms with Crippen LogP contribution < -0.4 is 10.2 Å². The van der Waals surface area contributed by atoms with Gasteiger partial charge < -0.3 is 10.2 Å². The molecule has 0 amide bonds. The van der Waals surface area contributed by atoms with E-state index in [4.69, 9.17) is 21.6 Å². The summed E-state index contributed by atoms with van der Waals surface area (Å²) in [6, 6.07) is 16.4. The zero-order valence-electron chi connectivity index (χ0n) is 18.3. The molecule has 8 heteroatoms. The monoisotopic (exact) mass is 447 g/mol. The molecule has 3 heterocycles. The van der Waals surface area contributed by atoms with Crippen molar-refractivity contribution >= 4 is 40.1 Å². The fourth-order valence-corrected chi connectivity index (χ4v) is 4.32. The smallest absolute Gasteiger partial charge is 0.229 e. The maximum atomic E-state index is 6.13. The minimum atomic E-state index is 0.719. The average molecular weight is 448 g/mol. The molecule has 0 saturated carbocycles. The minimum absolute atomic E-state index is 0.719. The van der Waals surface area contributed by atoms with Gasteiger partial charge in [0.25, 0.3) is 0 Å². The summed E-state index contributed by atoms with van der Waals surface area (Å²) in [4.78, 5) is 14.5. The quantitative estimate of drug-likeness (QED) is 0.489. The van der Waals surface area contributed by atoms with Gasteiger partial charge in [-0.05, 0) is 36.2 Å². The SMILES string of the molecule is Cc1cc(Cl)ccc1Nc1nc(N2CCN(Cc3ccccc3)CC2)nc2c1cnn2C. The Morgan fingerprint density at radius 2 is 1.78 bits per heavy atom. The van der Waals surface area contributed by atoms with Crippen molar-refractivity contribution in [2.75, 3.05) is 36.4 Å². The van der Waals surface area contributed by atoms with Crippen LogP contribution in [0.5, 0.6) is 0 Å². The molecule has 4 aromatic rings. The Morgan fingerprint density at radius 1 is 1.00 bits per heavy atom. The maximum absolute atomic E-state index is 6.13. The van der Waals surface area contributed by atoms with E-state index >= 15 is 0 Å². The Balaban J connectivity index is 1.38. The van der Waals surface area contributed by atoms with Crippen molar-refractivity contribution < 1.29 is 0 Å². The van der Waals surface area contributed by atoms with Crippen LogP contribution in [0.15, 0.2) is 54.7 Å². The summed E-state index contributed by atoms with van der Waals surface area (Å²) in [7, 11) is 1.91. The Kier molecular flexibility index (Phi) is 5.68. The first-order valence-corrected chi connectivity index (χ1v) is 11.2. The molecule has 0 unspecified atom stereocenters. The summed E-state index contributed by atoms with van der Waals surface area (Å²) in [5.41, 5.74) is 4.19. The van der Waals surface area contributed by atoms with Crippen LogP contribution in [0.25, 0.3) is 11.0 Å². The number of aromatic nitrogens is 4. The standard InChI is InChI=1S/C24H26ClN7/c1-17-14-19(25)8-9-21(17)27-22-20-15-26-30(2)23(20)29-24(28-22)32-12-10-31(11-13-32)16-18-6-4-3-5-7-18/h3-9,14-15H,10-13,16H2,1-2H3,(H,27,28,29). The Morgan fingerprint density at radius 3 is 2.53 bits per heavy atom.